The molecule has 1 aromatic heterocycles. The van der Waals surface area contributed by atoms with Crippen molar-refractivity contribution in [2.24, 2.45) is 5.92 Å². The van der Waals surface area contributed by atoms with E-state index in [1.165, 1.54) is 0 Å². The van der Waals surface area contributed by atoms with Gasteiger partial charge in [0.05, 0.1) is 12.0 Å². The molecule has 2 heterocycles. The van der Waals surface area contributed by atoms with Gasteiger partial charge >= 0.3 is 0 Å². The Balaban J connectivity index is 2.19. The first-order chi connectivity index (χ1) is 10.3. The normalized spacial score (nSPS) is 21.6. The molecule has 0 aliphatic carbocycles. The molecule has 2 rings (SSSR count). The van der Waals surface area contributed by atoms with Crippen molar-refractivity contribution in [2.75, 3.05) is 27.2 Å². The van der Waals surface area contributed by atoms with Crippen LogP contribution in [0.4, 0.5) is 0 Å². The zero-order valence-electron chi connectivity index (χ0n) is 13.3. The molecule has 22 heavy (non-hydrogen) atoms. The van der Waals surface area contributed by atoms with Crippen LogP contribution >= 0.6 is 0 Å². The molecule has 1 aliphatic rings. The second-order valence-electron chi connectivity index (χ2n) is 5.84. The molecular formula is C15H22N4O3. The van der Waals surface area contributed by atoms with E-state index in [9.17, 15) is 14.4 Å². The molecule has 0 aromatic carbocycles. The van der Waals surface area contributed by atoms with Gasteiger partial charge < -0.3 is 20.5 Å². The fourth-order valence-corrected chi connectivity index (χ4v) is 2.74. The molecule has 1 aliphatic heterocycles. The number of carbonyl (C=O) groups is 2. The minimum atomic E-state index is -0.446. The quantitative estimate of drug-likeness (QED) is 0.695. The van der Waals surface area contributed by atoms with E-state index >= 15 is 0 Å². The number of nitrogens with zero attached hydrogens (tertiary/aromatic N) is 1. The van der Waals surface area contributed by atoms with Crippen molar-refractivity contribution < 1.29 is 9.59 Å². The van der Waals surface area contributed by atoms with Crippen molar-refractivity contribution in [3.05, 3.63) is 33.2 Å². The van der Waals surface area contributed by atoms with Crippen LogP contribution in [0, 0.1) is 19.8 Å². The van der Waals surface area contributed by atoms with Crippen molar-refractivity contribution in [2.45, 2.75) is 19.9 Å². The third-order valence-electron chi connectivity index (χ3n) is 4.14. The molecule has 1 aromatic rings. The van der Waals surface area contributed by atoms with Crippen LogP contribution in [-0.4, -0.2) is 54.9 Å². The number of H-pyrrole nitrogens is 1. The molecule has 0 bridgehead atoms. The van der Waals surface area contributed by atoms with Gasteiger partial charge in [0.25, 0.3) is 11.5 Å². The first-order valence-corrected chi connectivity index (χ1v) is 7.25. The number of likely N-dealkylation sites (N-methyl/N-ethyl adjacent to an activating group) is 1. The van der Waals surface area contributed by atoms with Crippen LogP contribution < -0.4 is 16.2 Å². The van der Waals surface area contributed by atoms with Gasteiger partial charge in [0.15, 0.2) is 0 Å². The maximum Gasteiger partial charge on any atom is 0.261 e. The van der Waals surface area contributed by atoms with Gasteiger partial charge in [-0.1, -0.05) is 0 Å². The average Bonchev–Trinajstić information content (AvgIpc) is 2.82. The van der Waals surface area contributed by atoms with E-state index < -0.39 is 11.5 Å². The number of likely N-dealkylation sites (tertiary alicyclic amines) is 1. The highest BCUT2D eigenvalue weighted by Gasteiger charge is 2.36. The molecule has 0 radical (unpaired) electrons. The largest absolute Gasteiger partial charge is 0.359 e. The van der Waals surface area contributed by atoms with Crippen LogP contribution in [0.2, 0.25) is 0 Å². The van der Waals surface area contributed by atoms with Gasteiger partial charge in [-0.3, -0.25) is 14.4 Å². The molecule has 1 saturated heterocycles. The SMILES string of the molecule is CNC(=O)[C@@H]1CN(C)C[C@@H]1NC(=O)c1cc(C)c(C)[nH]c1=O. The third-order valence-corrected chi connectivity index (χ3v) is 4.14. The molecule has 3 N–H and O–H groups in total. The number of rotatable bonds is 3. The topological polar surface area (TPSA) is 94.3 Å². The highest BCUT2D eigenvalue weighted by atomic mass is 16.2. The van der Waals surface area contributed by atoms with Crippen LogP contribution in [0.5, 0.6) is 0 Å². The maximum absolute atomic E-state index is 12.4. The zero-order chi connectivity index (χ0) is 16.4. The Kier molecular flexibility index (Phi) is 4.65. The summed E-state index contributed by atoms with van der Waals surface area (Å²) in [5.41, 5.74) is 1.25. The van der Waals surface area contributed by atoms with E-state index in [1.807, 2.05) is 18.9 Å². The predicted molar refractivity (Wildman–Crippen MR) is 82.8 cm³/mol. The lowest BCUT2D eigenvalue weighted by atomic mass is 10.0. The van der Waals surface area contributed by atoms with Crippen molar-refractivity contribution in [1.29, 1.82) is 0 Å². The molecule has 7 heteroatoms. The van der Waals surface area contributed by atoms with E-state index in [0.29, 0.717) is 13.1 Å². The lowest BCUT2D eigenvalue weighted by Crippen LogP contribution is -2.46. The fraction of sp³-hybridized carbons (Fsp3) is 0.533. The number of hydrogen-bond acceptors (Lipinski definition) is 4. The van der Waals surface area contributed by atoms with Gasteiger partial charge in [0.1, 0.15) is 5.56 Å². The molecular weight excluding hydrogens is 284 g/mol. The van der Waals surface area contributed by atoms with Gasteiger partial charge in [-0.25, -0.2) is 0 Å². The summed E-state index contributed by atoms with van der Waals surface area (Å²) in [7, 11) is 3.47. The fourth-order valence-electron chi connectivity index (χ4n) is 2.74. The molecule has 120 valence electrons. The van der Waals surface area contributed by atoms with Crippen LogP contribution in [0.15, 0.2) is 10.9 Å². The smallest absolute Gasteiger partial charge is 0.261 e. The van der Waals surface area contributed by atoms with Gasteiger partial charge in [0, 0.05) is 25.8 Å². The average molecular weight is 306 g/mol. The number of pyridine rings is 1. The Morgan fingerprint density at radius 2 is 2.00 bits per heavy atom. The van der Waals surface area contributed by atoms with Crippen molar-refractivity contribution >= 4 is 11.8 Å². The summed E-state index contributed by atoms with van der Waals surface area (Å²) in [6.07, 6.45) is 0. The van der Waals surface area contributed by atoms with Crippen LogP contribution in [0.1, 0.15) is 21.6 Å². The first-order valence-electron chi connectivity index (χ1n) is 7.25. The molecule has 0 spiro atoms. The number of carbonyl (C=O) groups excluding carboxylic acids is 2. The molecule has 2 atom stereocenters. The van der Waals surface area contributed by atoms with Crippen LogP contribution in [0.3, 0.4) is 0 Å². The lowest BCUT2D eigenvalue weighted by Gasteiger charge is -2.18. The van der Waals surface area contributed by atoms with Crippen molar-refractivity contribution in [1.82, 2.24) is 20.5 Å². The van der Waals surface area contributed by atoms with Crippen LogP contribution in [0.25, 0.3) is 0 Å². The Morgan fingerprint density at radius 1 is 1.32 bits per heavy atom. The second kappa shape index (κ2) is 6.31. The number of aryl methyl sites for hydroxylation is 2. The number of nitrogens with one attached hydrogen (secondary N) is 3. The van der Waals surface area contributed by atoms with E-state index in [-0.39, 0.29) is 23.4 Å². The van der Waals surface area contributed by atoms with E-state index in [0.717, 1.165) is 11.3 Å². The Labute approximate surface area is 129 Å². The van der Waals surface area contributed by atoms with Gasteiger partial charge in [-0.2, -0.15) is 0 Å². The van der Waals surface area contributed by atoms with Crippen molar-refractivity contribution in [3.8, 4) is 0 Å². The summed E-state index contributed by atoms with van der Waals surface area (Å²) in [5, 5.41) is 5.43. The summed E-state index contributed by atoms with van der Waals surface area (Å²) in [5.74, 6) is -0.869. The van der Waals surface area contributed by atoms with Gasteiger partial charge in [-0.05, 0) is 32.5 Å². The summed E-state index contributed by atoms with van der Waals surface area (Å²) < 4.78 is 0. The predicted octanol–water partition coefficient (Wildman–Crippen LogP) is -0.602. The molecule has 2 amide bonds. The zero-order valence-corrected chi connectivity index (χ0v) is 13.3. The summed E-state index contributed by atoms with van der Waals surface area (Å²) in [6.45, 7) is 4.77. The molecule has 1 fully saturated rings. The van der Waals surface area contributed by atoms with E-state index in [2.05, 4.69) is 15.6 Å². The lowest BCUT2D eigenvalue weighted by molar-refractivity contribution is -0.124. The summed E-state index contributed by atoms with van der Waals surface area (Å²) in [6, 6.07) is 1.27. The van der Waals surface area contributed by atoms with Gasteiger partial charge in [0.2, 0.25) is 5.91 Å². The number of hydrogen-bond donors (Lipinski definition) is 3. The van der Waals surface area contributed by atoms with E-state index in [1.54, 1.807) is 20.0 Å². The molecule has 0 saturated carbocycles. The van der Waals surface area contributed by atoms with Crippen molar-refractivity contribution in [3.63, 3.8) is 0 Å². The standard InChI is InChI=1S/C15H22N4O3/c1-8-5-10(14(21)17-9(8)2)15(22)18-12-7-19(4)6-11(12)13(20)16-3/h5,11-12H,6-7H2,1-4H3,(H,16,20)(H,17,21)(H,18,22)/t11-,12+/m1/s1. The summed E-state index contributed by atoms with van der Waals surface area (Å²) >= 11 is 0. The van der Waals surface area contributed by atoms with Crippen LogP contribution in [-0.2, 0) is 4.79 Å². The highest BCUT2D eigenvalue weighted by Crippen LogP contribution is 2.16. The number of amides is 2. The minimum Gasteiger partial charge on any atom is -0.359 e. The third kappa shape index (κ3) is 3.19. The Morgan fingerprint density at radius 3 is 2.64 bits per heavy atom. The van der Waals surface area contributed by atoms with Gasteiger partial charge in [-0.15, -0.1) is 0 Å². The first kappa shape index (κ1) is 16.2. The molecule has 7 nitrogen and oxygen atoms in total. The summed E-state index contributed by atoms with van der Waals surface area (Å²) in [4.78, 5) is 40.8. The Bertz CT molecular complexity index is 653. The maximum atomic E-state index is 12.4. The minimum absolute atomic E-state index is 0.0771. The van der Waals surface area contributed by atoms with E-state index in [4.69, 9.17) is 0 Å². The second-order valence-corrected chi connectivity index (χ2v) is 5.84. The number of aromatic amines is 1. The number of aromatic nitrogens is 1. The Hall–Kier alpha value is -2.15. The molecule has 0 unspecified atom stereocenters. The highest BCUT2D eigenvalue weighted by molar-refractivity contribution is 5.94. The monoisotopic (exact) mass is 306 g/mol.